The summed E-state index contributed by atoms with van der Waals surface area (Å²) in [6.45, 7) is 3.45. The molecule has 1 N–H and O–H groups in total. The summed E-state index contributed by atoms with van der Waals surface area (Å²) in [7, 11) is 0. The van der Waals surface area contributed by atoms with Crippen molar-refractivity contribution in [3.05, 3.63) is 54.1 Å². The van der Waals surface area contributed by atoms with E-state index >= 15 is 0 Å². The molecular weight excluding hydrogens is 162 g/mol. The molecule has 0 aromatic heterocycles. The molecule has 1 aromatic rings. The highest BCUT2D eigenvalue weighted by molar-refractivity contribution is 5.94. The maximum absolute atomic E-state index is 10.5. The molecule has 0 heterocycles. The van der Waals surface area contributed by atoms with Crippen molar-refractivity contribution in [2.45, 2.75) is 0 Å². The Morgan fingerprint density at radius 3 is 2.46 bits per heavy atom. The molecule has 1 radical (unpaired) electrons. The van der Waals surface area contributed by atoms with Gasteiger partial charge in [0.1, 0.15) is 0 Å². The standard InChI is InChI=1S/C11H10NO/c1-9(11(12)13)7-8-10-5-3-2-4-6-10/h2-8,12H,1H2. The first-order valence-corrected chi connectivity index (χ1v) is 3.88. The Balaban J connectivity index is 2.70. The van der Waals surface area contributed by atoms with Crippen molar-refractivity contribution in [2.75, 3.05) is 0 Å². The maximum atomic E-state index is 10.5. The van der Waals surface area contributed by atoms with E-state index in [-0.39, 0.29) is 5.57 Å². The van der Waals surface area contributed by atoms with Crippen LogP contribution in [0.1, 0.15) is 5.56 Å². The topological polar surface area (TPSA) is 40.9 Å². The molecule has 0 atom stereocenters. The van der Waals surface area contributed by atoms with Crippen LogP contribution < -0.4 is 5.73 Å². The van der Waals surface area contributed by atoms with Crippen molar-refractivity contribution in [1.29, 1.82) is 0 Å². The average molecular weight is 172 g/mol. The lowest BCUT2D eigenvalue weighted by Gasteiger charge is -1.91. The molecule has 0 fully saturated rings. The third-order valence-electron chi connectivity index (χ3n) is 1.57. The van der Waals surface area contributed by atoms with Gasteiger partial charge in [0.2, 0.25) is 0 Å². The van der Waals surface area contributed by atoms with Gasteiger partial charge in [-0.3, -0.25) is 10.5 Å². The first-order valence-electron chi connectivity index (χ1n) is 3.88. The van der Waals surface area contributed by atoms with E-state index in [0.717, 1.165) is 5.56 Å². The van der Waals surface area contributed by atoms with E-state index in [2.05, 4.69) is 6.58 Å². The van der Waals surface area contributed by atoms with E-state index in [4.69, 9.17) is 5.73 Å². The monoisotopic (exact) mass is 172 g/mol. The van der Waals surface area contributed by atoms with E-state index < -0.39 is 5.91 Å². The minimum absolute atomic E-state index is 0.198. The summed E-state index contributed by atoms with van der Waals surface area (Å²) in [5.74, 6) is -0.743. The second kappa shape index (κ2) is 4.26. The van der Waals surface area contributed by atoms with Gasteiger partial charge < -0.3 is 0 Å². The third-order valence-corrected chi connectivity index (χ3v) is 1.57. The molecule has 0 aliphatic rings. The molecule has 0 aliphatic heterocycles. The van der Waals surface area contributed by atoms with E-state index in [0.29, 0.717) is 0 Å². The fourth-order valence-electron chi connectivity index (χ4n) is 0.837. The Morgan fingerprint density at radius 1 is 1.31 bits per heavy atom. The van der Waals surface area contributed by atoms with Gasteiger partial charge in [-0.1, -0.05) is 43.0 Å². The lowest BCUT2D eigenvalue weighted by molar-refractivity contribution is -0.114. The largest absolute Gasteiger partial charge is 0.269 e. The number of benzene rings is 1. The van der Waals surface area contributed by atoms with E-state index in [1.807, 2.05) is 30.3 Å². The van der Waals surface area contributed by atoms with Gasteiger partial charge in [0, 0.05) is 5.57 Å². The fourth-order valence-corrected chi connectivity index (χ4v) is 0.837. The van der Waals surface area contributed by atoms with Gasteiger partial charge in [-0.05, 0) is 11.6 Å². The van der Waals surface area contributed by atoms with Gasteiger partial charge in [0.05, 0.1) is 0 Å². The molecule has 65 valence electrons. The van der Waals surface area contributed by atoms with Gasteiger partial charge in [0.25, 0.3) is 5.91 Å². The van der Waals surface area contributed by atoms with Gasteiger partial charge in [0.15, 0.2) is 0 Å². The van der Waals surface area contributed by atoms with Crippen LogP contribution in [0.3, 0.4) is 0 Å². The molecule has 13 heavy (non-hydrogen) atoms. The molecule has 2 nitrogen and oxygen atoms in total. The first-order chi connectivity index (χ1) is 6.20. The van der Waals surface area contributed by atoms with Gasteiger partial charge in [-0.2, -0.15) is 0 Å². The van der Waals surface area contributed by atoms with Crippen molar-refractivity contribution in [2.24, 2.45) is 0 Å². The zero-order valence-corrected chi connectivity index (χ0v) is 7.16. The molecule has 0 spiro atoms. The highest BCUT2D eigenvalue weighted by atomic mass is 16.1. The van der Waals surface area contributed by atoms with Crippen LogP contribution in [0, 0.1) is 0 Å². The summed E-state index contributed by atoms with van der Waals surface area (Å²) < 4.78 is 0. The Morgan fingerprint density at radius 2 is 1.92 bits per heavy atom. The number of amides is 1. The minimum Gasteiger partial charge on any atom is -0.267 e. The lowest BCUT2D eigenvalue weighted by Crippen LogP contribution is -1.97. The molecule has 1 rings (SSSR count). The van der Waals surface area contributed by atoms with Crippen molar-refractivity contribution >= 4 is 12.0 Å². The second-order valence-electron chi connectivity index (χ2n) is 2.60. The average Bonchev–Trinajstić information content (AvgIpc) is 2.15. The lowest BCUT2D eigenvalue weighted by atomic mass is 10.2. The van der Waals surface area contributed by atoms with E-state index in [1.165, 1.54) is 0 Å². The number of rotatable bonds is 3. The second-order valence-corrected chi connectivity index (χ2v) is 2.60. The summed E-state index contributed by atoms with van der Waals surface area (Å²) in [6.07, 6.45) is 3.30. The van der Waals surface area contributed by atoms with Crippen molar-refractivity contribution in [3.63, 3.8) is 0 Å². The zero-order valence-electron chi connectivity index (χ0n) is 7.16. The Bertz CT molecular complexity index is 338. The number of hydrogen-bond donors (Lipinski definition) is 0. The normalized spacial score (nSPS) is 10.2. The van der Waals surface area contributed by atoms with Crippen LogP contribution >= 0.6 is 0 Å². The predicted octanol–water partition coefficient (Wildman–Crippen LogP) is 2.07. The predicted molar refractivity (Wildman–Crippen MR) is 52.7 cm³/mol. The fraction of sp³-hybridized carbons (Fsp3) is 0. The summed E-state index contributed by atoms with van der Waals surface area (Å²) in [5, 5.41) is 0. The summed E-state index contributed by atoms with van der Waals surface area (Å²) >= 11 is 0. The van der Waals surface area contributed by atoms with Crippen LogP contribution in [0.4, 0.5) is 0 Å². The van der Waals surface area contributed by atoms with E-state index in [9.17, 15) is 4.79 Å². The number of carbonyl (C=O) groups excluding carboxylic acids is 1. The number of carbonyl (C=O) groups is 1. The van der Waals surface area contributed by atoms with Crippen molar-refractivity contribution in [3.8, 4) is 0 Å². The summed E-state index contributed by atoms with van der Waals surface area (Å²) in [4.78, 5) is 10.5. The molecule has 0 unspecified atom stereocenters. The van der Waals surface area contributed by atoms with Crippen molar-refractivity contribution in [1.82, 2.24) is 5.73 Å². The molecule has 0 aliphatic carbocycles. The quantitative estimate of drug-likeness (QED) is 0.508. The van der Waals surface area contributed by atoms with Crippen LogP contribution in [0.25, 0.3) is 6.08 Å². The molecule has 1 aromatic carbocycles. The third kappa shape index (κ3) is 2.95. The van der Waals surface area contributed by atoms with Gasteiger partial charge in [-0.25, -0.2) is 0 Å². The van der Waals surface area contributed by atoms with Crippen molar-refractivity contribution < 1.29 is 4.79 Å². The summed E-state index contributed by atoms with van der Waals surface area (Å²) in [6, 6.07) is 9.56. The van der Waals surface area contributed by atoms with Crippen LogP contribution in [-0.4, -0.2) is 5.91 Å². The van der Waals surface area contributed by atoms with E-state index in [1.54, 1.807) is 12.2 Å². The maximum Gasteiger partial charge on any atom is 0.269 e. The summed E-state index contributed by atoms with van der Waals surface area (Å²) in [5.41, 5.74) is 7.95. The molecule has 2 heteroatoms. The van der Waals surface area contributed by atoms with Gasteiger partial charge in [-0.15, -0.1) is 0 Å². The highest BCUT2D eigenvalue weighted by Gasteiger charge is 1.95. The van der Waals surface area contributed by atoms with Crippen LogP contribution in [0.15, 0.2) is 48.6 Å². The molecule has 1 amide bonds. The SMILES string of the molecule is C=C(C=Cc1ccccc1)C([NH])=O. The number of hydrogen-bond acceptors (Lipinski definition) is 1. The van der Waals surface area contributed by atoms with Crippen LogP contribution in [0.5, 0.6) is 0 Å². The minimum atomic E-state index is -0.743. The molecular formula is C11H10NO. The molecule has 0 bridgehead atoms. The highest BCUT2D eigenvalue weighted by Crippen LogP contribution is 2.03. The Kier molecular flexibility index (Phi) is 3.03. The van der Waals surface area contributed by atoms with Crippen LogP contribution in [-0.2, 0) is 4.79 Å². The smallest absolute Gasteiger partial charge is 0.267 e. The van der Waals surface area contributed by atoms with Gasteiger partial charge >= 0.3 is 0 Å². The Hall–Kier alpha value is -1.83. The molecule has 0 saturated carbocycles. The van der Waals surface area contributed by atoms with Crippen LogP contribution in [0.2, 0.25) is 0 Å². The number of nitrogens with one attached hydrogen (secondary N) is 1. The zero-order chi connectivity index (χ0) is 9.68. The Labute approximate surface area is 77.4 Å². The first kappa shape index (κ1) is 9.26. The molecule has 0 saturated heterocycles.